The summed E-state index contributed by atoms with van der Waals surface area (Å²) in [5.74, 6) is -1.65. The molecule has 0 unspecified atom stereocenters. The Morgan fingerprint density at radius 1 is 0.947 bits per heavy atom. The van der Waals surface area contributed by atoms with Crippen LogP contribution >= 0.6 is 0 Å². The van der Waals surface area contributed by atoms with Crippen molar-refractivity contribution in [2.45, 2.75) is 12.8 Å². The number of hydrogen-bond donors (Lipinski definition) is 1. The Bertz CT molecular complexity index is 520. The second-order valence-corrected chi connectivity index (χ2v) is 4.24. The first-order valence-corrected chi connectivity index (χ1v) is 6.08. The highest BCUT2D eigenvalue weighted by Gasteiger charge is 2.08. The van der Waals surface area contributed by atoms with Gasteiger partial charge in [0.15, 0.2) is 17.4 Å². The molecule has 2 nitrogen and oxygen atoms in total. The number of nitrogen functional groups attached to an aromatic ring is 1. The molecule has 0 saturated carbocycles. The van der Waals surface area contributed by atoms with Crippen LogP contribution in [0, 0.1) is 11.6 Å². The Morgan fingerprint density at radius 2 is 1.58 bits per heavy atom. The molecule has 2 rings (SSSR count). The van der Waals surface area contributed by atoms with E-state index in [9.17, 15) is 8.78 Å². The monoisotopic (exact) mass is 263 g/mol. The van der Waals surface area contributed by atoms with Gasteiger partial charge < -0.3 is 10.5 Å². The highest BCUT2D eigenvalue weighted by atomic mass is 19.1. The van der Waals surface area contributed by atoms with Gasteiger partial charge in [-0.05, 0) is 42.7 Å². The van der Waals surface area contributed by atoms with Gasteiger partial charge in [0.1, 0.15) is 0 Å². The fraction of sp³-hybridized carbons (Fsp3) is 0.200. The molecule has 0 radical (unpaired) electrons. The number of para-hydroxylation sites is 1. The molecule has 2 aromatic rings. The standard InChI is InChI=1S/C15H15F2NO/c16-13-4-1-5-14(17)15(13)19-10-2-3-11-6-8-12(18)9-7-11/h1,4-9H,2-3,10,18H2. The van der Waals surface area contributed by atoms with E-state index in [4.69, 9.17) is 10.5 Å². The van der Waals surface area contributed by atoms with Crippen LogP contribution in [0.3, 0.4) is 0 Å². The summed E-state index contributed by atoms with van der Waals surface area (Å²) in [4.78, 5) is 0. The van der Waals surface area contributed by atoms with E-state index in [1.54, 1.807) is 0 Å². The summed E-state index contributed by atoms with van der Waals surface area (Å²) in [6.45, 7) is 0.266. The molecule has 4 heteroatoms. The summed E-state index contributed by atoms with van der Waals surface area (Å²) in [6.07, 6.45) is 1.45. The van der Waals surface area contributed by atoms with Crippen LogP contribution in [0.2, 0.25) is 0 Å². The van der Waals surface area contributed by atoms with Gasteiger partial charge in [0.25, 0.3) is 0 Å². The molecular weight excluding hydrogens is 248 g/mol. The molecule has 2 aromatic carbocycles. The zero-order valence-electron chi connectivity index (χ0n) is 10.4. The predicted octanol–water partition coefficient (Wildman–Crippen LogP) is 3.56. The molecule has 100 valence electrons. The molecule has 0 aliphatic rings. The molecular formula is C15H15F2NO. The van der Waals surface area contributed by atoms with Gasteiger partial charge >= 0.3 is 0 Å². The Kier molecular flexibility index (Phi) is 4.34. The Balaban J connectivity index is 1.82. The maximum atomic E-state index is 13.3. The summed E-state index contributed by atoms with van der Waals surface area (Å²) in [5, 5.41) is 0. The van der Waals surface area contributed by atoms with E-state index in [1.807, 2.05) is 24.3 Å². The zero-order valence-corrected chi connectivity index (χ0v) is 10.4. The van der Waals surface area contributed by atoms with Gasteiger partial charge in [-0.15, -0.1) is 0 Å². The lowest BCUT2D eigenvalue weighted by Gasteiger charge is -2.08. The van der Waals surface area contributed by atoms with Crippen molar-refractivity contribution >= 4 is 5.69 Å². The quantitative estimate of drug-likeness (QED) is 0.661. The summed E-state index contributed by atoms with van der Waals surface area (Å²) in [7, 11) is 0. The number of halogens is 2. The predicted molar refractivity (Wildman–Crippen MR) is 71.0 cm³/mol. The molecule has 0 aliphatic heterocycles. The lowest BCUT2D eigenvalue weighted by atomic mass is 10.1. The van der Waals surface area contributed by atoms with Crippen molar-refractivity contribution in [2.24, 2.45) is 0 Å². The number of ether oxygens (including phenoxy) is 1. The smallest absolute Gasteiger partial charge is 0.190 e. The Morgan fingerprint density at radius 3 is 2.21 bits per heavy atom. The molecule has 0 amide bonds. The highest BCUT2D eigenvalue weighted by Crippen LogP contribution is 2.21. The van der Waals surface area contributed by atoms with Crippen LogP contribution in [-0.4, -0.2) is 6.61 Å². The number of nitrogens with two attached hydrogens (primary N) is 1. The molecule has 0 fully saturated rings. The summed E-state index contributed by atoms with van der Waals surface area (Å²) in [6, 6.07) is 11.2. The third-order valence-corrected chi connectivity index (χ3v) is 2.75. The lowest BCUT2D eigenvalue weighted by Crippen LogP contribution is -2.02. The van der Waals surface area contributed by atoms with Crippen molar-refractivity contribution in [2.75, 3.05) is 12.3 Å². The zero-order chi connectivity index (χ0) is 13.7. The number of rotatable bonds is 5. The SMILES string of the molecule is Nc1ccc(CCCOc2c(F)cccc2F)cc1. The molecule has 0 heterocycles. The van der Waals surface area contributed by atoms with Gasteiger partial charge in [-0.1, -0.05) is 18.2 Å². The number of benzene rings is 2. The fourth-order valence-corrected chi connectivity index (χ4v) is 1.76. The van der Waals surface area contributed by atoms with E-state index in [1.165, 1.54) is 18.2 Å². The van der Waals surface area contributed by atoms with E-state index in [-0.39, 0.29) is 12.4 Å². The van der Waals surface area contributed by atoms with E-state index < -0.39 is 11.6 Å². The van der Waals surface area contributed by atoms with E-state index in [2.05, 4.69) is 0 Å². The van der Waals surface area contributed by atoms with Crippen LogP contribution in [0.15, 0.2) is 42.5 Å². The average molecular weight is 263 g/mol. The Hall–Kier alpha value is -2.10. The van der Waals surface area contributed by atoms with E-state index in [0.717, 1.165) is 12.0 Å². The number of anilines is 1. The average Bonchev–Trinajstić information content (AvgIpc) is 2.39. The largest absolute Gasteiger partial charge is 0.488 e. The van der Waals surface area contributed by atoms with Gasteiger partial charge in [-0.2, -0.15) is 0 Å². The molecule has 19 heavy (non-hydrogen) atoms. The first kappa shape index (κ1) is 13.3. The summed E-state index contributed by atoms with van der Waals surface area (Å²) < 4.78 is 31.7. The first-order valence-electron chi connectivity index (χ1n) is 6.08. The van der Waals surface area contributed by atoms with Gasteiger partial charge in [0.05, 0.1) is 6.61 Å². The van der Waals surface area contributed by atoms with Crippen LogP contribution in [0.25, 0.3) is 0 Å². The second-order valence-electron chi connectivity index (χ2n) is 4.24. The summed E-state index contributed by atoms with van der Waals surface area (Å²) in [5.41, 5.74) is 7.42. The van der Waals surface area contributed by atoms with E-state index in [0.29, 0.717) is 12.1 Å². The van der Waals surface area contributed by atoms with Crippen molar-refractivity contribution in [3.8, 4) is 5.75 Å². The minimum atomic E-state index is -0.674. The molecule has 0 bridgehead atoms. The third kappa shape index (κ3) is 3.68. The van der Waals surface area contributed by atoms with Crippen molar-refractivity contribution in [3.05, 3.63) is 59.7 Å². The normalized spacial score (nSPS) is 10.4. The maximum absolute atomic E-state index is 13.3. The van der Waals surface area contributed by atoms with E-state index >= 15 is 0 Å². The van der Waals surface area contributed by atoms with Crippen molar-refractivity contribution in [1.29, 1.82) is 0 Å². The number of hydrogen-bond acceptors (Lipinski definition) is 2. The molecule has 0 saturated heterocycles. The molecule has 0 aliphatic carbocycles. The molecule has 2 N–H and O–H groups in total. The summed E-state index contributed by atoms with van der Waals surface area (Å²) >= 11 is 0. The second kappa shape index (κ2) is 6.18. The van der Waals surface area contributed by atoms with Crippen molar-refractivity contribution in [3.63, 3.8) is 0 Å². The molecule has 0 atom stereocenters. The number of aryl methyl sites for hydroxylation is 1. The van der Waals surface area contributed by atoms with Gasteiger partial charge in [-0.3, -0.25) is 0 Å². The third-order valence-electron chi connectivity index (χ3n) is 2.75. The lowest BCUT2D eigenvalue weighted by molar-refractivity contribution is 0.280. The van der Waals surface area contributed by atoms with Crippen LogP contribution in [-0.2, 0) is 6.42 Å². The van der Waals surface area contributed by atoms with Gasteiger partial charge in [0, 0.05) is 5.69 Å². The van der Waals surface area contributed by atoms with Crippen molar-refractivity contribution < 1.29 is 13.5 Å². The van der Waals surface area contributed by atoms with Gasteiger partial charge in [-0.25, -0.2) is 8.78 Å². The highest BCUT2D eigenvalue weighted by molar-refractivity contribution is 5.39. The van der Waals surface area contributed by atoms with Crippen molar-refractivity contribution in [1.82, 2.24) is 0 Å². The Labute approximate surface area is 110 Å². The van der Waals surface area contributed by atoms with Crippen LogP contribution in [0.5, 0.6) is 5.75 Å². The van der Waals surface area contributed by atoms with Crippen LogP contribution in [0.1, 0.15) is 12.0 Å². The van der Waals surface area contributed by atoms with Crippen LogP contribution in [0.4, 0.5) is 14.5 Å². The maximum Gasteiger partial charge on any atom is 0.190 e. The fourth-order valence-electron chi connectivity index (χ4n) is 1.76. The van der Waals surface area contributed by atoms with Crippen LogP contribution < -0.4 is 10.5 Å². The molecule has 0 aromatic heterocycles. The van der Waals surface area contributed by atoms with Gasteiger partial charge in [0.2, 0.25) is 0 Å². The molecule has 0 spiro atoms. The minimum Gasteiger partial charge on any atom is -0.488 e. The minimum absolute atomic E-state index is 0.266. The topological polar surface area (TPSA) is 35.2 Å². The first-order chi connectivity index (χ1) is 9.16.